The maximum absolute atomic E-state index is 9.62. The fraction of sp³-hybridized carbons (Fsp3) is 0.727. The number of aliphatic hydroxyl groups is 1. The van der Waals surface area contributed by atoms with E-state index in [1.807, 2.05) is 6.07 Å². The number of methoxy groups -OCH3 is 1. The highest BCUT2D eigenvalue weighted by atomic mass is 16.5. The Morgan fingerprint density at radius 2 is 1.93 bits per heavy atom. The lowest BCUT2D eigenvalue weighted by Crippen LogP contribution is -2.58. The van der Waals surface area contributed by atoms with E-state index in [4.69, 9.17) is 4.74 Å². The molecule has 1 aromatic carbocycles. The summed E-state index contributed by atoms with van der Waals surface area (Å²) < 4.78 is 5.36. The number of hydrogen-bond donors (Lipinski definition) is 1. The van der Waals surface area contributed by atoms with Crippen molar-refractivity contribution < 1.29 is 9.84 Å². The molecule has 1 aromatic rings. The molecule has 0 bridgehead atoms. The van der Waals surface area contributed by atoms with Gasteiger partial charge in [0.2, 0.25) is 0 Å². The first kappa shape index (κ1) is 20.6. The minimum atomic E-state index is 0.277. The number of piperidine rings is 1. The maximum Gasteiger partial charge on any atom is 0.119 e. The van der Waals surface area contributed by atoms with Crippen molar-refractivity contribution in [3.05, 3.63) is 29.8 Å². The first-order chi connectivity index (χ1) is 13.1. The highest BCUT2D eigenvalue weighted by molar-refractivity contribution is 5.28. The zero-order chi connectivity index (χ0) is 19.2. The summed E-state index contributed by atoms with van der Waals surface area (Å²) in [5.41, 5.74) is 1.30. The van der Waals surface area contributed by atoms with Crippen molar-refractivity contribution in [3.63, 3.8) is 0 Å². The molecule has 1 atom stereocenters. The predicted molar refractivity (Wildman–Crippen MR) is 110 cm³/mol. The van der Waals surface area contributed by atoms with Crippen LogP contribution in [-0.2, 0) is 6.54 Å². The number of benzene rings is 1. The molecule has 0 radical (unpaired) electrons. The van der Waals surface area contributed by atoms with Crippen molar-refractivity contribution in [2.24, 2.45) is 0 Å². The van der Waals surface area contributed by atoms with Crippen LogP contribution in [0.3, 0.4) is 0 Å². The van der Waals surface area contributed by atoms with Crippen molar-refractivity contribution >= 4 is 0 Å². The number of ether oxygens (including phenoxy) is 1. The third kappa shape index (κ3) is 5.44. The molecule has 0 aliphatic carbocycles. The molecular weight excluding hydrogens is 338 g/mol. The summed E-state index contributed by atoms with van der Waals surface area (Å²) in [6, 6.07) is 10.2. The highest BCUT2D eigenvalue weighted by Gasteiger charge is 2.33. The van der Waals surface area contributed by atoms with E-state index in [0.717, 1.165) is 38.3 Å². The van der Waals surface area contributed by atoms with Crippen LogP contribution in [0, 0.1) is 0 Å². The Balaban J connectivity index is 1.58. The minimum Gasteiger partial charge on any atom is -0.497 e. The predicted octanol–water partition coefficient (Wildman–Crippen LogP) is 2.44. The Bertz CT molecular complexity index is 572. The van der Waals surface area contributed by atoms with Crippen LogP contribution in [0.25, 0.3) is 0 Å². The van der Waals surface area contributed by atoms with E-state index in [9.17, 15) is 5.11 Å². The van der Waals surface area contributed by atoms with Crippen molar-refractivity contribution in [1.82, 2.24) is 14.7 Å². The standard InChI is InChI=1S/C22H37N3O2/c1-18(2)24-10-7-20(8-11-24)25-13-12-23(17-21(25)9-14-26)16-19-5-4-6-22(15-19)27-3/h4-6,15,18,20-21,26H,7-14,16-17H2,1-3H3/t21-/m0/s1. The molecular formula is C22H37N3O2. The number of likely N-dealkylation sites (tertiary alicyclic amines) is 1. The van der Waals surface area contributed by atoms with E-state index < -0.39 is 0 Å². The van der Waals surface area contributed by atoms with Gasteiger partial charge in [0.15, 0.2) is 0 Å². The van der Waals surface area contributed by atoms with Gasteiger partial charge >= 0.3 is 0 Å². The summed E-state index contributed by atoms with van der Waals surface area (Å²) in [7, 11) is 1.72. The summed E-state index contributed by atoms with van der Waals surface area (Å²) in [5.74, 6) is 0.926. The third-order valence-corrected chi connectivity index (χ3v) is 6.31. The van der Waals surface area contributed by atoms with Crippen LogP contribution in [0.15, 0.2) is 24.3 Å². The molecule has 3 rings (SSSR count). The second kappa shape index (κ2) is 9.87. The van der Waals surface area contributed by atoms with Gasteiger partial charge in [-0.25, -0.2) is 0 Å². The normalized spacial score (nSPS) is 23.8. The zero-order valence-corrected chi connectivity index (χ0v) is 17.3. The molecule has 0 amide bonds. The Kier molecular flexibility index (Phi) is 7.53. The lowest BCUT2D eigenvalue weighted by Gasteiger charge is -2.48. The van der Waals surface area contributed by atoms with E-state index in [1.165, 1.54) is 31.5 Å². The second-order valence-electron chi connectivity index (χ2n) is 8.35. The summed E-state index contributed by atoms with van der Waals surface area (Å²) in [6.45, 7) is 11.5. The molecule has 27 heavy (non-hydrogen) atoms. The quantitative estimate of drug-likeness (QED) is 0.793. The summed E-state index contributed by atoms with van der Waals surface area (Å²) in [6.07, 6.45) is 3.39. The average Bonchev–Trinajstić information content (AvgIpc) is 2.69. The van der Waals surface area contributed by atoms with Gasteiger partial charge in [0.1, 0.15) is 5.75 Å². The lowest BCUT2D eigenvalue weighted by molar-refractivity contribution is -0.0000388. The van der Waals surface area contributed by atoms with Crippen LogP contribution in [0.1, 0.15) is 38.7 Å². The van der Waals surface area contributed by atoms with Gasteiger partial charge in [0.05, 0.1) is 7.11 Å². The number of nitrogens with zero attached hydrogens (tertiary/aromatic N) is 3. The first-order valence-corrected chi connectivity index (χ1v) is 10.6. The number of piperazine rings is 1. The van der Waals surface area contributed by atoms with E-state index in [0.29, 0.717) is 18.1 Å². The smallest absolute Gasteiger partial charge is 0.119 e. The van der Waals surface area contributed by atoms with Gasteiger partial charge in [0.25, 0.3) is 0 Å². The Morgan fingerprint density at radius 1 is 1.15 bits per heavy atom. The van der Waals surface area contributed by atoms with Crippen LogP contribution in [0.5, 0.6) is 5.75 Å². The molecule has 152 valence electrons. The Labute approximate surface area is 164 Å². The van der Waals surface area contributed by atoms with E-state index in [-0.39, 0.29) is 6.61 Å². The zero-order valence-electron chi connectivity index (χ0n) is 17.3. The summed E-state index contributed by atoms with van der Waals surface area (Å²) in [5, 5.41) is 9.62. The molecule has 0 saturated carbocycles. The fourth-order valence-corrected chi connectivity index (χ4v) is 4.73. The van der Waals surface area contributed by atoms with Crippen LogP contribution in [0.2, 0.25) is 0 Å². The Morgan fingerprint density at radius 3 is 2.59 bits per heavy atom. The maximum atomic E-state index is 9.62. The molecule has 2 aliphatic heterocycles. The van der Waals surface area contributed by atoms with E-state index in [1.54, 1.807) is 7.11 Å². The van der Waals surface area contributed by atoms with Gasteiger partial charge in [-0.15, -0.1) is 0 Å². The van der Waals surface area contributed by atoms with E-state index in [2.05, 4.69) is 46.7 Å². The minimum absolute atomic E-state index is 0.277. The largest absolute Gasteiger partial charge is 0.497 e. The number of hydrogen-bond acceptors (Lipinski definition) is 5. The van der Waals surface area contributed by atoms with Gasteiger partial charge in [0, 0.05) is 50.9 Å². The molecule has 5 nitrogen and oxygen atoms in total. The van der Waals surface area contributed by atoms with Gasteiger partial charge < -0.3 is 14.7 Å². The van der Waals surface area contributed by atoms with Crippen molar-refractivity contribution in [1.29, 1.82) is 0 Å². The lowest BCUT2D eigenvalue weighted by atomic mass is 9.97. The molecule has 2 saturated heterocycles. The first-order valence-electron chi connectivity index (χ1n) is 10.6. The van der Waals surface area contributed by atoms with Crippen molar-refractivity contribution in [3.8, 4) is 5.75 Å². The summed E-state index contributed by atoms with van der Waals surface area (Å²) >= 11 is 0. The number of aliphatic hydroxyl groups excluding tert-OH is 1. The molecule has 0 spiro atoms. The molecule has 2 heterocycles. The van der Waals surface area contributed by atoms with Gasteiger partial charge in [-0.05, 0) is 63.9 Å². The highest BCUT2D eigenvalue weighted by Crippen LogP contribution is 2.25. The summed E-state index contributed by atoms with van der Waals surface area (Å²) in [4.78, 5) is 7.83. The van der Waals surface area contributed by atoms with Crippen LogP contribution in [0.4, 0.5) is 0 Å². The molecule has 0 unspecified atom stereocenters. The average molecular weight is 376 g/mol. The van der Waals surface area contributed by atoms with Crippen molar-refractivity contribution in [2.45, 2.75) is 57.8 Å². The molecule has 2 aliphatic rings. The van der Waals surface area contributed by atoms with E-state index >= 15 is 0 Å². The van der Waals surface area contributed by atoms with Crippen LogP contribution >= 0.6 is 0 Å². The fourth-order valence-electron chi connectivity index (χ4n) is 4.73. The molecule has 0 aromatic heterocycles. The van der Waals surface area contributed by atoms with Crippen LogP contribution in [-0.4, -0.2) is 84.4 Å². The molecule has 2 fully saturated rings. The van der Waals surface area contributed by atoms with Gasteiger partial charge in [-0.3, -0.25) is 9.80 Å². The van der Waals surface area contributed by atoms with Crippen LogP contribution < -0.4 is 4.74 Å². The molecule has 5 heteroatoms. The number of rotatable bonds is 7. The molecule has 1 N–H and O–H groups in total. The second-order valence-corrected chi connectivity index (χ2v) is 8.35. The van der Waals surface area contributed by atoms with Crippen molar-refractivity contribution in [2.75, 3.05) is 46.4 Å². The topological polar surface area (TPSA) is 39.2 Å². The SMILES string of the molecule is COc1cccc(CN2CCN(C3CCN(C(C)C)CC3)[C@@H](CCO)C2)c1. The van der Waals surface area contributed by atoms with Gasteiger partial charge in [-0.2, -0.15) is 0 Å². The monoisotopic (exact) mass is 375 g/mol. The third-order valence-electron chi connectivity index (χ3n) is 6.31. The Hall–Kier alpha value is -1.14. The van der Waals surface area contributed by atoms with Gasteiger partial charge in [-0.1, -0.05) is 12.1 Å².